The van der Waals surface area contributed by atoms with Crippen LogP contribution in [0.15, 0.2) is 23.0 Å². The smallest absolute Gasteiger partial charge is 0.317 e. The zero-order chi connectivity index (χ0) is 25.3. The number of hydrogen-bond acceptors (Lipinski definition) is 8. The van der Waals surface area contributed by atoms with Crippen LogP contribution in [-0.4, -0.2) is 65.9 Å². The van der Waals surface area contributed by atoms with Crippen LogP contribution < -0.4 is 15.8 Å². The number of hydrogen-bond donors (Lipinski definition) is 2. The third-order valence-electron chi connectivity index (χ3n) is 7.73. The predicted molar refractivity (Wildman–Crippen MR) is 148 cm³/mol. The van der Waals surface area contributed by atoms with Gasteiger partial charge in [0.1, 0.15) is 11.1 Å². The van der Waals surface area contributed by atoms with Gasteiger partial charge in [-0.05, 0) is 84.0 Å². The lowest BCUT2D eigenvalue weighted by molar-refractivity contribution is 0.112. The number of nitrogen functional groups attached to an aromatic ring is 1. The van der Waals surface area contributed by atoms with Crippen molar-refractivity contribution in [2.45, 2.75) is 76.0 Å². The summed E-state index contributed by atoms with van der Waals surface area (Å²) in [5.41, 5.74) is 10.8. The van der Waals surface area contributed by atoms with Gasteiger partial charge in [-0.3, -0.25) is 4.90 Å². The van der Waals surface area contributed by atoms with E-state index in [0.29, 0.717) is 12.1 Å². The van der Waals surface area contributed by atoms with E-state index in [9.17, 15) is 0 Å². The van der Waals surface area contributed by atoms with Gasteiger partial charge in [-0.2, -0.15) is 4.98 Å². The second kappa shape index (κ2) is 10.4. The molecule has 2 aromatic heterocycles. The molecule has 1 unspecified atom stereocenters. The molecule has 2 fully saturated rings. The van der Waals surface area contributed by atoms with Crippen LogP contribution in [0, 0.1) is 0 Å². The summed E-state index contributed by atoms with van der Waals surface area (Å²) in [6.45, 7) is 3.24. The highest BCUT2D eigenvalue weighted by molar-refractivity contribution is 7.16. The summed E-state index contributed by atoms with van der Waals surface area (Å²) in [7, 11) is 6.12. The van der Waals surface area contributed by atoms with Crippen molar-refractivity contribution in [1.29, 1.82) is 0 Å². The lowest BCUT2D eigenvalue weighted by Gasteiger charge is -2.43. The molecule has 3 atom stereocenters. The first kappa shape index (κ1) is 25.0. The number of piperidine rings is 1. The monoisotopic (exact) mass is 509 g/mol. The number of aromatic nitrogens is 2. The Hall–Kier alpha value is -2.65. The normalized spacial score (nSPS) is 26.3. The van der Waals surface area contributed by atoms with Gasteiger partial charge in [-0.25, -0.2) is 9.98 Å². The lowest BCUT2D eigenvalue weighted by Crippen LogP contribution is -2.46. The number of allylic oxidation sites excluding steroid dienone is 1. The summed E-state index contributed by atoms with van der Waals surface area (Å²) >= 11 is 1.75. The Morgan fingerprint density at radius 3 is 2.86 bits per heavy atom. The number of likely N-dealkylation sites (N-methyl/N-ethyl adjacent to an activating group) is 1. The third-order valence-corrected chi connectivity index (χ3v) is 8.90. The molecule has 1 spiro atoms. The summed E-state index contributed by atoms with van der Waals surface area (Å²) in [4.78, 5) is 19.5. The molecule has 1 aliphatic carbocycles. The predicted octanol–water partition coefficient (Wildman–Crippen LogP) is 4.55. The summed E-state index contributed by atoms with van der Waals surface area (Å²) in [6, 6.07) is 2.82. The highest BCUT2D eigenvalue weighted by Gasteiger charge is 2.42. The van der Waals surface area contributed by atoms with Gasteiger partial charge in [0.15, 0.2) is 0 Å². The number of anilines is 1. The standard InChI is InChI=1S/C27H39N7OS/c1-18(21-9-7-15-34(21)4)35-26-29-14-11-19(31-26)16-20-8-5-12-27(32-20)13-6-10-22-23(27)24(28)25(36-22)30-17-33(2)3/h11,14,16-18,21,32H,5-10,12-13,15,28H2,1-4H3/b20-16+,30-17+/t18-,21-,27?/m0/s1. The molecule has 2 aliphatic heterocycles. The van der Waals surface area contributed by atoms with Crippen molar-refractivity contribution in [2.75, 3.05) is 33.4 Å². The summed E-state index contributed by atoms with van der Waals surface area (Å²) in [5.74, 6) is 0. The number of aliphatic imine (C=N–C) groups is 1. The first-order valence-corrected chi connectivity index (χ1v) is 14.0. The molecular formula is C27H39N7OS. The minimum Gasteiger partial charge on any atom is -0.459 e. The summed E-state index contributed by atoms with van der Waals surface area (Å²) < 4.78 is 6.17. The molecule has 9 heteroatoms. The van der Waals surface area contributed by atoms with Crippen LogP contribution in [0.1, 0.15) is 68.0 Å². The van der Waals surface area contributed by atoms with Crippen LogP contribution in [-0.2, 0) is 12.0 Å². The Morgan fingerprint density at radius 2 is 2.11 bits per heavy atom. The number of rotatable bonds is 6. The minimum absolute atomic E-state index is 0.0584. The van der Waals surface area contributed by atoms with E-state index in [2.05, 4.69) is 40.2 Å². The lowest BCUT2D eigenvalue weighted by atomic mass is 9.73. The van der Waals surface area contributed by atoms with Gasteiger partial charge in [-0.1, -0.05) is 0 Å². The maximum atomic E-state index is 6.72. The van der Waals surface area contributed by atoms with Crippen LogP contribution in [0.5, 0.6) is 6.01 Å². The van der Waals surface area contributed by atoms with E-state index < -0.39 is 0 Å². The average molecular weight is 510 g/mol. The van der Waals surface area contributed by atoms with Crippen LogP contribution >= 0.6 is 11.3 Å². The van der Waals surface area contributed by atoms with Crippen LogP contribution in [0.3, 0.4) is 0 Å². The first-order chi connectivity index (χ1) is 17.3. The van der Waals surface area contributed by atoms with Gasteiger partial charge in [-0.15, -0.1) is 11.3 Å². The molecule has 4 heterocycles. The number of nitrogens with zero attached hydrogens (tertiary/aromatic N) is 5. The van der Waals surface area contributed by atoms with Crippen LogP contribution in [0.2, 0.25) is 0 Å². The van der Waals surface area contributed by atoms with E-state index in [1.54, 1.807) is 17.5 Å². The number of thiophene rings is 1. The summed E-state index contributed by atoms with van der Waals surface area (Å²) in [5, 5.41) is 4.84. The van der Waals surface area contributed by atoms with Crippen molar-refractivity contribution in [2.24, 2.45) is 4.99 Å². The molecule has 0 saturated carbocycles. The number of likely N-dealkylation sites (tertiary alicyclic amines) is 1. The zero-order valence-corrected chi connectivity index (χ0v) is 22.8. The third kappa shape index (κ3) is 5.09. The fraction of sp³-hybridized carbons (Fsp3) is 0.593. The van der Waals surface area contributed by atoms with E-state index in [1.807, 2.05) is 31.4 Å². The molecule has 0 radical (unpaired) electrons. The van der Waals surface area contributed by atoms with Gasteiger partial charge in [0.25, 0.3) is 0 Å². The first-order valence-electron chi connectivity index (χ1n) is 13.2. The Balaban J connectivity index is 1.36. The van der Waals surface area contributed by atoms with Crippen molar-refractivity contribution < 1.29 is 4.74 Å². The molecule has 2 saturated heterocycles. The Bertz CT molecular complexity index is 1140. The van der Waals surface area contributed by atoms with Gasteiger partial charge in [0.2, 0.25) is 0 Å². The molecule has 0 aromatic carbocycles. The molecule has 194 valence electrons. The van der Waals surface area contributed by atoms with Crippen LogP contribution in [0.4, 0.5) is 10.7 Å². The highest BCUT2D eigenvalue weighted by Crippen LogP contribution is 2.52. The van der Waals surface area contributed by atoms with E-state index >= 15 is 0 Å². The molecular weight excluding hydrogens is 470 g/mol. The molecule has 5 rings (SSSR count). The van der Waals surface area contributed by atoms with E-state index in [1.165, 1.54) is 22.6 Å². The van der Waals surface area contributed by atoms with Crippen molar-refractivity contribution >= 4 is 34.4 Å². The van der Waals surface area contributed by atoms with Gasteiger partial charge in [0, 0.05) is 42.5 Å². The maximum Gasteiger partial charge on any atom is 0.317 e. The molecule has 2 aromatic rings. The maximum absolute atomic E-state index is 6.72. The fourth-order valence-electron chi connectivity index (χ4n) is 6.06. The number of fused-ring (bicyclic) bond motifs is 2. The summed E-state index contributed by atoms with van der Waals surface area (Å²) in [6.07, 6.45) is 14.7. The Labute approximate surface area is 218 Å². The number of ether oxygens (including phenoxy) is 1. The molecule has 0 bridgehead atoms. The van der Waals surface area contributed by atoms with E-state index in [0.717, 1.165) is 67.9 Å². The highest BCUT2D eigenvalue weighted by atomic mass is 32.1. The number of nitrogens with two attached hydrogens (primary N) is 1. The van der Waals surface area contributed by atoms with Crippen molar-refractivity contribution in [3.05, 3.63) is 34.1 Å². The molecule has 8 nitrogen and oxygen atoms in total. The van der Waals surface area contributed by atoms with Crippen LogP contribution in [0.25, 0.3) is 6.08 Å². The van der Waals surface area contributed by atoms with Gasteiger partial charge >= 0.3 is 6.01 Å². The van der Waals surface area contributed by atoms with Crippen molar-refractivity contribution in [3.63, 3.8) is 0 Å². The van der Waals surface area contributed by atoms with E-state index in [-0.39, 0.29) is 11.6 Å². The molecule has 3 N–H and O–H groups in total. The minimum atomic E-state index is -0.127. The second-order valence-corrected chi connectivity index (χ2v) is 11.8. The molecule has 0 amide bonds. The second-order valence-electron chi connectivity index (χ2n) is 10.7. The topological polar surface area (TPSA) is 91.9 Å². The van der Waals surface area contributed by atoms with Gasteiger partial charge in [0.05, 0.1) is 23.3 Å². The van der Waals surface area contributed by atoms with Crippen molar-refractivity contribution in [3.8, 4) is 6.01 Å². The number of nitrogens with one attached hydrogen (secondary N) is 1. The van der Waals surface area contributed by atoms with Crippen molar-refractivity contribution in [1.82, 2.24) is 25.1 Å². The largest absolute Gasteiger partial charge is 0.459 e. The molecule has 3 aliphatic rings. The average Bonchev–Trinajstić information content (AvgIpc) is 3.41. The SMILES string of the molecule is C[C@H](Oc1nccc(/C=C2\CCCC3(CCCc4sc(/N=C/N(C)C)c(N)c43)N2)n1)[C@@H]1CCCN1C. The Morgan fingerprint density at radius 1 is 1.31 bits per heavy atom. The number of aryl methyl sites for hydroxylation is 1. The van der Waals surface area contributed by atoms with Gasteiger partial charge < -0.3 is 20.7 Å². The molecule has 36 heavy (non-hydrogen) atoms. The zero-order valence-electron chi connectivity index (χ0n) is 22.0. The quantitative estimate of drug-likeness (QED) is 0.436. The fourth-order valence-corrected chi connectivity index (χ4v) is 7.26. The van der Waals surface area contributed by atoms with E-state index in [4.69, 9.17) is 15.5 Å². The Kier molecular flexibility index (Phi) is 7.21.